The molecule has 6 heteroatoms. The van der Waals surface area contributed by atoms with Crippen molar-refractivity contribution in [2.75, 3.05) is 7.05 Å². The predicted octanol–water partition coefficient (Wildman–Crippen LogP) is 2.23. The maximum atomic E-state index is 11.8. The number of rotatable bonds is 2. The lowest BCUT2D eigenvalue weighted by molar-refractivity contribution is 0.0961. The molecular weight excluding hydrogens is 280 g/mol. The molecule has 6 nitrogen and oxygen atoms in total. The normalized spacial score (nSPS) is 15.2. The van der Waals surface area contributed by atoms with Crippen LogP contribution in [0.2, 0.25) is 0 Å². The number of nitrogens with zero attached hydrogens (tertiary/aromatic N) is 2. The van der Waals surface area contributed by atoms with Gasteiger partial charge in [0.1, 0.15) is 11.5 Å². The van der Waals surface area contributed by atoms with Gasteiger partial charge in [0.05, 0.1) is 34.8 Å². The van der Waals surface area contributed by atoms with Crippen molar-refractivity contribution in [3.05, 3.63) is 45.7 Å². The average Bonchev–Trinajstić information content (AvgIpc) is 2.87. The van der Waals surface area contributed by atoms with Gasteiger partial charge in [-0.1, -0.05) is 0 Å². The Balaban J connectivity index is 2.62. The maximum Gasteiger partial charge on any atom is 0.254 e. The molecule has 2 heterocycles. The molecule has 2 rings (SSSR count). The van der Waals surface area contributed by atoms with Crippen LogP contribution in [0.1, 0.15) is 41.6 Å². The largest absolute Gasteiger partial charge is 0.464 e. The Kier molecular flexibility index (Phi) is 4.05. The summed E-state index contributed by atoms with van der Waals surface area (Å²) in [4.78, 5) is 11.8. The first kappa shape index (κ1) is 15.4. The van der Waals surface area contributed by atoms with Gasteiger partial charge in [-0.15, -0.1) is 0 Å². The Morgan fingerprint density at radius 2 is 1.77 bits per heavy atom. The van der Waals surface area contributed by atoms with Crippen LogP contribution in [-0.4, -0.2) is 13.0 Å². The smallest absolute Gasteiger partial charge is 0.254 e. The zero-order chi connectivity index (χ0) is 16.4. The van der Waals surface area contributed by atoms with Crippen LogP contribution in [0.25, 0.3) is 0 Å². The number of allylic oxidation sites excluding steroid dienone is 4. The van der Waals surface area contributed by atoms with E-state index in [1.807, 2.05) is 0 Å². The average molecular weight is 296 g/mol. The summed E-state index contributed by atoms with van der Waals surface area (Å²) in [6.45, 7) is 5.23. The summed E-state index contributed by atoms with van der Waals surface area (Å²) in [5, 5.41) is 24.4. The third kappa shape index (κ3) is 2.36. The Morgan fingerprint density at radius 3 is 2.23 bits per heavy atom. The van der Waals surface area contributed by atoms with Gasteiger partial charge in [0, 0.05) is 18.4 Å². The standard InChI is InChI=1S/C16H16N4O2/c1-8-12(6-17)15(13(7-18)9(2)20-8)14-5-11(10(3)22-14)16(21)19-4/h5,15,20H,1-4H3,(H,19,21). The quantitative estimate of drug-likeness (QED) is 0.871. The van der Waals surface area contributed by atoms with Crippen molar-refractivity contribution in [1.29, 1.82) is 10.5 Å². The number of dihydropyridines is 1. The Labute approximate surface area is 128 Å². The fourth-order valence-corrected chi connectivity index (χ4v) is 2.58. The Hall–Kier alpha value is -2.99. The van der Waals surface area contributed by atoms with Crippen LogP contribution in [0, 0.1) is 29.6 Å². The minimum atomic E-state index is -0.589. The van der Waals surface area contributed by atoms with E-state index in [2.05, 4.69) is 22.8 Å². The predicted molar refractivity (Wildman–Crippen MR) is 79.3 cm³/mol. The van der Waals surface area contributed by atoms with Crippen LogP contribution in [-0.2, 0) is 0 Å². The first-order valence-corrected chi connectivity index (χ1v) is 6.75. The number of hydrogen-bond donors (Lipinski definition) is 2. The van der Waals surface area contributed by atoms with Gasteiger partial charge in [-0.3, -0.25) is 4.79 Å². The fraction of sp³-hybridized carbons (Fsp3) is 0.312. The number of nitriles is 2. The summed E-state index contributed by atoms with van der Waals surface area (Å²) in [6.07, 6.45) is 0. The van der Waals surface area contributed by atoms with E-state index in [4.69, 9.17) is 4.42 Å². The number of amides is 1. The van der Waals surface area contributed by atoms with Crippen molar-refractivity contribution in [1.82, 2.24) is 10.6 Å². The van der Waals surface area contributed by atoms with Gasteiger partial charge in [0.2, 0.25) is 0 Å². The number of carbonyl (C=O) groups excluding carboxylic acids is 1. The molecule has 1 amide bonds. The molecule has 0 atom stereocenters. The summed E-state index contributed by atoms with van der Waals surface area (Å²) in [7, 11) is 1.54. The molecule has 0 aliphatic carbocycles. The molecular formula is C16H16N4O2. The molecule has 0 bridgehead atoms. The van der Waals surface area contributed by atoms with Crippen molar-refractivity contribution in [2.24, 2.45) is 0 Å². The van der Waals surface area contributed by atoms with Crippen LogP contribution >= 0.6 is 0 Å². The molecule has 1 aromatic rings. The highest BCUT2D eigenvalue weighted by atomic mass is 16.3. The van der Waals surface area contributed by atoms with Gasteiger partial charge in [0.15, 0.2) is 0 Å². The zero-order valence-corrected chi connectivity index (χ0v) is 12.9. The van der Waals surface area contributed by atoms with Crippen molar-refractivity contribution < 1.29 is 9.21 Å². The molecule has 0 aromatic carbocycles. The molecule has 0 unspecified atom stereocenters. The minimum absolute atomic E-state index is 0.264. The summed E-state index contributed by atoms with van der Waals surface area (Å²) < 4.78 is 5.68. The van der Waals surface area contributed by atoms with E-state index in [1.54, 1.807) is 26.8 Å². The Bertz CT molecular complexity index is 748. The van der Waals surface area contributed by atoms with E-state index in [9.17, 15) is 15.3 Å². The number of furan rings is 1. The molecule has 0 fully saturated rings. The molecule has 112 valence electrons. The van der Waals surface area contributed by atoms with Crippen LogP contribution in [0.3, 0.4) is 0 Å². The fourth-order valence-electron chi connectivity index (χ4n) is 2.58. The summed E-state index contributed by atoms with van der Waals surface area (Å²) in [5.74, 6) is 0.0235. The monoisotopic (exact) mass is 296 g/mol. The van der Waals surface area contributed by atoms with E-state index in [0.717, 1.165) is 0 Å². The molecule has 0 saturated carbocycles. The van der Waals surface area contributed by atoms with Crippen LogP contribution in [0.5, 0.6) is 0 Å². The van der Waals surface area contributed by atoms with Crippen molar-refractivity contribution in [3.63, 3.8) is 0 Å². The second-order valence-corrected chi connectivity index (χ2v) is 5.06. The van der Waals surface area contributed by atoms with Gasteiger partial charge in [-0.2, -0.15) is 10.5 Å². The lowest BCUT2D eigenvalue weighted by atomic mass is 9.85. The van der Waals surface area contributed by atoms with Gasteiger partial charge < -0.3 is 15.1 Å². The molecule has 0 radical (unpaired) electrons. The molecule has 0 saturated heterocycles. The summed E-state index contributed by atoms with van der Waals surface area (Å²) >= 11 is 0. The third-order valence-corrected chi connectivity index (χ3v) is 3.69. The van der Waals surface area contributed by atoms with Crippen LogP contribution in [0.15, 0.2) is 33.0 Å². The van der Waals surface area contributed by atoms with Crippen LogP contribution < -0.4 is 10.6 Å². The first-order valence-electron chi connectivity index (χ1n) is 6.75. The minimum Gasteiger partial charge on any atom is -0.464 e. The van der Waals surface area contributed by atoms with Gasteiger partial charge in [-0.05, 0) is 26.8 Å². The first-order chi connectivity index (χ1) is 10.4. The van der Waals surface area contributed by atoms with E-state index >= 15 is 0 Å². The molecule has 1 aliphatic heterocycles. The zero-order valence-electron chi connectivity index (χ0n) is 12.9. The summed E-state index contributed by atoms with van der Waals surface area (Å²) in [5.41, 5.74) is 2.60. The third-order valence-electron chi connectivity index (χ3n) is 3.69. The lowest BCUT2D eigenvalue weighted by Crippen LogP contribution is -2.23. The van der Waals surface area contributed by atoms with Crippen molar-refractivity contribution >= 4 is 5.91 Å². The topological polar surface area (TPSA) is 102 Å². The maximum absolute atomic E-state index is 11.8. The van der Waals surface area contributed by atoms with E-state index in [1.165, 1.54) is 7.05 Å². The number of hydrogen-bond acceptors (Lipinski definition) is 5. The highest BCUT2D eigenvalue weighted by Gasteiger charge is 2.32. The highest BCUT2D eigenvalue weighted by molar-refractivity contribution is 5.95. The van der Waals surface area contributed by atoms with Crippen LogP contribution in [0.4, 0.5) is 0 Å². The SMILES string of the molecule is CNC(=O)c1cc(C2C(C#N)=C(C)NC(C)=C2C#N)oc1C. The second kappa shape index (κ2) is 5.79. The summed E-state index contributed by atoms with van der Waals surface area (Å²) in [6, 6.07) is 5.86. The van der Waals surface area contributed by atoms with Crippen molar-refractivity contribution in [2.45, 2.75) is 26.7 Å². The molecule has 1 aromatic heterocycles. The molecule has 2 N–H and O–H groups in total. The van der Waals surface area contributed by atoms with E-state index < -0.39 is 5.92 Å². The molecule has 22 heavy (non-hydrogen) atoms. The number of aryl methyl sites for hydroxylation is 1. The highest BCUT2D eigenvalue weighted by Crippen LogP contribution is 2.38. The van der Waals surface area contributed by atoms with E-state index in [-0.39, 0.29) is 5.91 Å². The van der Waals surface area contributed by atoms with Gasteiger partial charge in [-0.25, -0.2) is 0 Å². The second-order valence-electron chi connectivity index (χ2n) is 5.06. The number of carbonyl (C=O) groups is 1. The van der Waals surface area contributed by atoms with Gasteiger partial charge >= 0.3 is 0 Å². The van der Waals surface area contributed by atoms with Gasteiger partial charge in [0.25, 0.3) is 5.91 Å². The number of nitrogens with one attached hydrogen (secondary N) is 2. The van der Waals surface area contributed by atoms with Crippen molar-refractivity contribution in [3.8, 4) is 12.1 Å². The lowest BCUT2D eigenvalue weighted by Gasteiger charge is -2.24. The Morgan fingerprint density at radius 1 is 1.23 bits per heavy atom. The molecule has 0 spiro atoms. The van der Waals surface area contributed by atoms with E-state index in [0.29, 0.717) is 39.6 Å². The molecule has 1 aliphatic rings.